The molecule has 1 aromatic carbocycles. The van der Waals surface area contributed by atoms with E-state index in [0.717, 1.165) is 5.56 Å². The Labute approximate surface area is 58.2 Å². The molecular weight excluding hydrogens is 131 g/mol. The van der Waals surface area contributed by atoms with Crippen molar-refractivity contribution in [1.82, 2.24) is 0 Å². The average molecular weight is 138 g/mol. The Balaban J connectivity index is 2.78. The lowest BCUT2D eigenvalue weighted by Crippen LogP contribution is -1.79. The molecule has 0 heterocycles. The van der Waals surface area contributed by atoms with Crippen LogP contribution >= 0.6 is 0 Å². The van der Waals surface area contributed by atoms with Gasteiger partial charge in [-0.2, -0.15) is 5.11 Å². The number of halogens is 1. The summed E-state index contributed by atoms with van der Waals surface area (Å²) in [6.07, 6.45) is 0. The highest BCUT2D eigenvalue weighted by Crippen LogP contribution is 2.02. The fraction of sp³-hybridized carbons (Fsp3) is 0.143. The van der Waals surface area contributed by atoms with E-state index in [9.17, 15) is 4.39 Å². The maximum atomic E-state index is 12.2. The van der Waals surface area contributed by atoms with Crippen molar-refractivity contribution in [2.45, 2.75) is 6.54 Å². The van der Waals surface area contributed by atoms with Crippen LogP contribution in [0.2, 0.25) is 0 Å². The van der Waals surface area contributed by atoms with Gasteiger partial charge in [0.05, 0.1) is 6.54 Å². The summed E-state index contributed by atoms with van der Waals surface area (Å²) in [5.74, 6) is -0.256. The second kappa shape index (κ2) is 3.06. The highest BCUT2D eigenvalue weighted by atomic mass is 19.1. The molecule has 0 bridgehead atoms. The fourth-order valence-electron chi connectivity index (χ4n) is 0.681. The molecule has 2 nitrogen and oxygen atoms in total. The molecule has 10 heavy (non-hydrogen) atoms. The van der Waals surface area contributed by atoms with Gasteiger partial charge in [-0.15, -0.1) is 0 Å². The molecule has 3 heteroatoms. The minimum absolute atomic E-state index is 0.256. The van der Waals surface area contributed by atoms with E-state index in [1.807, 2.05) is 0 Å². The zero-order valence-electron chi connectivity index (χ0n) is 5.34. The van der Waals surface area contributed by atoms with Crippen molar-refractivity contribution < 1.29 is 4.39 Å². The van der Waals surface area contributed by atoms with Gasteiger partial charge < -0.3 is 0 Å². The van der Waals surface area contributed by atoms with Crippen LogP contribution in [0.15, 0.2) is 29.4 Å². The molecule has 0 atom stereocenters. The molecule has 0 aromatic heterocycles. The summed E-state index contributed by atoms with van der Waals surface area (Å²) in [6.45, 7) is 0.334. The van der Waals surface area contributed by atoms with E-state index in [2.05, 4.69) is 5.11 Å². The molecule has 0 saturated carbocycles. The third-order valence-electron chi connectivity index (χ3n) is 1.17. The molecular formula is C7H7FN2. The van der Waals surface area contributed by atoms with Crippen molar-refractivity contribution in [2.75, 3.05) is 0 Å². The van der Waals surface area contributed by atoms with Crippen molar-refractivity contribution in [3.8, 4) is 0 Å². The van der Waals surface area contributed by atoms with E-state index in [4.69, 9.17) is 5.53 Å². The molecule has 0 spiro atoms. The lowest BCUT2D eigenvalue weighted by molar-refractivity contribution is 0.627. The van der Waals surface area contributed by atoms with Gasteiger partial charge in [-0.25, -0.2) is 9.92 Å². The molecule has 0 radical (unpaired) electrons. The monoisotopic (exact) mass is 138 g/mol. The molecule has 0 fully saturated rings. The molecule has 0 unspecified atom stereocenters. The second-order valence-corrected chi connectivity index (χ2v) is 1.94. The van der Waals surface area contributed by atoms with Crippen molar-refractivity contribution in [3.05, 3.63) is 35.6 Å². The quantitative estimate of drug-likeness (QED) is 0.609. The lowest BCUT2D eigenvalue weighted by atomic mass is 10.2. The van der Waals surface area contributed by atoms with Crippen molar-refractivity contribution >= 4 is 0 Å². The Morgan fingerprint density at radius 2 is 1.90 bits per heavy atom. The molecule has 0 saturated heterocycles. The lowest BCUT2D eigenvalue weighted by Gasteiger charge is -1.92. The molecule has 1 aromatic rings. The molecule has 52 valence electrons. The van der Waals surface area contributed by atoms with E-state index in [1.54, 1.807) is 12.1 Å². The number of hydrogen-bond acceptors (Lipinski definition) is 2. The largest absolute Gasteiger partial charge is 0.210 e. The Bertz CT molecular complexity index is 218. The summed E-state index contributed by atoms with van der Waals surface area (Å²) in [5.41, 5.74) is 7.38. The van der Waals surface area contributed by atoms with Crippen LogP contribution in [0.25, 0.3) is 0 Å². The minimum Gasteiger partial charge on any atom is -0.210 e. The van der Waals surface area contributed by atoms with Crippen LogP contribution in [-0.4, -0.2) is 0 Å². The number of benzene rings is 1. The van der Waals surface area contributed by atoms with Crippen LogP contribution in [-0.2, 0) is 6.54 Å². The second-order valence-electron chi connectivity index (χ2n) is 1.94. The van der Waals surface area contributed by atoms with Crippen LogP contribution in [0.4, 0.5) is 4.39 Å². The highest BCUT2D eigenvalue weighted by molar-refractivity contribution is 5.15. The van der Waals surface area contributed by atoms with Gasteiger partial charge in [-0.3, -0.25) is 0 Å². The van der Waals surface area contributed by atoms with E-state index in [0.29, 0.717) is 6.54 Å². The standard InChI is InChI=1S/C7H7FN2/c8-7-3-1-6(2-4-7)5-10-9/h1-4,9H,5H2. The normalized spacial score (nSPS) is 9.30. The number of rotatable bonds is 2. The molecule has 0 aliphatic heterocycles. The molecule has 0 amide bonds. The van der Waals surface area contributed by atoms with Crippen LogP contribution in [0.1, 0.15) is 5.56 Å². The topological polar surface area (TPSA) is 36.2 Å². The van der Waals surface area contributed by atoms with Crippen molar-refractivity contribution in [2.24, 2.45) is 5.11 Å². The van der Waals surface area contributed by atoms with Gasteiger partial charge in [0.1, 0.15) is 5.82 Å². The summed E-state index contributed by atoms with van der Waals surface area (Å²) < 4.78 is 12.2. The van der Waals surface area contributed by atoms with E-state index < -0.39 is 0 Å². The Morgan fingerprint density at radius 1 is 1.30 bits per heavy atom. The Hall–Kier alpha value is -1.25. The zero-order chi connectivity index (χ0) is 7.40. The summed E-state index contributed by atoms with van der Waals surface area (Å²) in [7, 11) is 0. The Kier molecular flexibility index (Phi) is 2.10. The first-order valence-electron chi connectivity index (χ1n) is 2.90. The highest BCUT2D eigenvalue weighted by Gasteiger charge is 1.90. The predicted molar refractivity (Wildman–Crippen MR) is 35.3 cm³/mol. The molecule has 0 aliphatic carbocycles. The zero-order valence-corrected chi connectivity index (χ0v) is 5.34. The SMILES string of the molecule is N=NCc1ccc(F)cc1. The number of hydrogen-bond donors (Lipinski definition) is 1. The smallest absolute Gasteiger partial charge is 0.123 e. The van der Waals surface area contributed by atoms with Crippen LogP contribution in [0.5, 0.6) is 0 Å². The van der Waals surface area contributed by atoms with E-state index >= 15 is 0 Å². The van der Waals surface area contributed by atoms with Gasteiger partial charge >= 0.3 is 0 Å². The maximum Gasteiger partial charge on any atom is 0.123 e. The first-order valence-corrected chi connectivity index (χ1v) is 2.90. The number of nitrogens with zero attached hydrogens (tertiary/aromatic N) is 1. The number of nitrogens with one attached hydrogen (secondary N) is 1. The third kappa shape index (κ3) is 1.62. The summed E-state index contributed by atoms with van der Waals surface area (Å²) >= 11 is 0. The molecule has 0 aliphatic rings. The van der Waals surface area contributed by atoms with Gasteiger partial charge in [0.15, 0.2) is 0 Å². The Morgan fingerprint density at radius 3 is 2.40 bits per heavy atom. The predicted octanol–water partition coefficient (Wildman–Crippen LogP) is 2.36. The van der Waals surface area contributed by atoms with Gasteiger partial charge in [-0.05, 0) is 17.7 Å². The first-order chi connectivity index (χ1) is 4.83. The van der Waals surface area contributed by atoms with E-state index in [-0.39, 0.29) is 5.82 Å². The summed E-state index contributed by atoms with van der Waals surface area (Å²) in [5, 5.41) is 3.16. The molecule has 1 rings (SSSR count). The third-order valence-corrected chi connectivity index (χ3v) is 1.17. The van der Waals surface area contributed by atoms with Crippen LogP contribution < -0.4 is 0 Å². The minimum atomic E-state index is -0.256. The van der Waals surface area contributed by atoms with Crippen LogP contribution in [0.3, 0.4) is 0 Å². The van der Waals surface area contributed by atoms with Crippen molar-refractivity contribution in [3.63, 3.8) is 0 Å². The van der Waals surface area contributed by atoms with Gasteiger partial charge in [0.2, 0.25) is 0 Å². The van der Waals surface area contributed by atoms with E-state index in [1.165, 1.54) is 12.1 Å². The molecule has 1 N–H and O–H groups in total. The fourth-order valence-corrected chi connectivity index (χ4v) is 0.681. The van der Waals surface area contributed by atoms with Crippen molar-refractivity contribution in [1.29, 1.82) is 5.53 Å². The van der Waals surface area contributed by atoms with Crippen LogP contribution in [0, 0.1) is 11.3 Å². The average Bonchev–Trinajstić information content (AvgIpc) is 1.95. The van der Waals surface area contributed by atoms with Gasteiger partial charge in [0, 0.05) is 0 Å². The summed E-state index contributed by atoms with van der Waals surface area (Å²) in [6, 6.07) is 5.96. The summed E-state index contributed by atoms with van der Waals surface area (Å²) in [4.78, 5) is 0. The first kappa shape index (κ1) is 6.86. The van der Waals surface area contributed by atoms with Gasteiger partial charge in [0.25, 0.3) is 0 Å². The maximum absolute atomic E-state index is 12.2. The van der Waals surface area contributed by atoms with Gasteiger partial charge in [-0.1, -0.05) is 12.1 Å².